The average molecular weight is 245 g/mol. The van der Waals surface area contributed by atoms with Gasteiger partial charge >= 0.3 is 0 Å². The van der Waals surface area contributed by atoms with E-state index in [4.69, 9.17) is 16.3 Å². The lowest BCUT2D eigenvalue weighted by molar-refractivity contribution is -0.384. The number of halogens is 1. The van der Waals surface area contributed by atoms with Crippen molar-refractivity contribution in [2.75, 3.05) is 19.7 Å². The van der Waals surface area contributed by atoms with Crippen molar-refractivity contribution in [3.8, 4) is 5.75 Å². The molecule has 0 atom stereocenters. The molecule has 0 unspecified atom stereocenters. The number of non-ortho nitro benzene ring substituents is 1. The van der Waals surface area contributed by atoms with Crippen LogP contribution in [0.15, 0.2) is 18.2 Å². The van der Waals surface area contributed by atoms with E-state index >= 15 is 0 Å². The lowest BCUT2D eigenvalue weighted by atomic mass is 10.3. The zero-order valence-electron chi connectivity index (χ0n) is 8.90. The van der Waals surface area contributed by atoms with E-state index in [1.165, 1.54) is 18.2 Å². The molecule has 88 valence electrons. The number of likely N-dealkylation sites (N-methyl/N-ethyl adjacent to an activating group) is 1. The van der Waals surface area contributed by atoms with E-state index < -0.39 is 4.92 Å². The number of nitro groups is 1. The number of benzene rings is 1. The van der Waals surface area contributed by atoms with Crippen molar-refractivity contribution in [2.45, 2.75) is 6.92 Å². The molecule has 1 N–H and O–H groups in total. The number of ether oxygens (including phenoxy) is 1. The van der Waals surface area contributed by atoms with Crippen LogP contribution >= 0.6 is 11.6 Å². The van der Waals surface area contributed by atoms with Gasteiger partial charge in [-0.15, -0.1) is 0 Å². The summed E-state index contributed by atoms with van der Waals surface area (Å²) in [4.78, 5) is 9.97. The fraction of sp³-hybridized carbons (Fsp3) is 0.400. The monoisotopic (exact) mass is 244 g/mol. The topological polar surface area (TPSA) is 64.4 Å². The van der Waals surface area contributed by atoms with Gasteiger partial charge in [0.15, 0.2) is 0 Å². The van der Waals surface area contributed by atoms with Crippen molar-refractivity contribution in [3.63, 3.8) is 0 Å². The molecule has 0 heterocycles. The molecule has 0 amide bonds. The Hall–Kier alpha value is -1.33. The highest BCUT2D eigenvalue weighted by Crippen LogP contribution is 2.28. The van der Waals surface area contributed by atoms with Crippen molar-refractivity contribution in [2.24, 2.45) is 0 Å². The van der Waals surface area contributed by atoms with Crippen LogP contribution in [0.2, 0.25) is 5.02 Å². The Morgan fingerprint density at radius 1 is 1.56 bits per heavy atom. The molecule has 0 radical (unpaired) electrons. The molecule has 0 fully saturated rings. The standard InChI is InChI=1S/C10H13ClN2O3/c1-2-12-5-6-16-10-4-3-8(13(14)15)7-9(10)11/h3-4,7,12H,2,5-6H2,1H3. The Morgan fingerprint density at radius 3 is 2.88 bits per heavy atom. The highest BCUT2D eigenvalue weighted by atomic mass is 35.5. The Bertz CT molecular complexity index is 371. The van der Waals surface area contributed by atoms with Gasteiger partial charge in [-0.05, 0) is 12.6 Å². The predicted octanol–water partition coefficient (Wildman–Crippen LogP) is 2.24. The molecule has 1 aromatic rings. The second kappa shape index (κ2) is 6.30. The second-order valence-electron chi connectivity index (χ2n) is 3.07. The van der Waals surface area contributed by atoms with Crippen LogP contribution in [0.4, 0.5) is 5.69 Å². The maximum Gasteiger partial charge on any atom is 0.271 e. The van der Waals surface area contributed by atoms with E-state index in [0.29, 0.717) is 18.9 Å². The maximum atomic E-state index is 10.5. The van der Waals surface area contributed by atoms with E-state index in [-0.39, 0.29) is 10.7 Å². The minimum Gasteiger partial charge on any atom is -0.491 e. The minimum atomic E-state index is -0.492. The van der Waals surface area contributed by atoms with Gasteiger partial charge in [0, 0.05) is 18.7 Å². The smallest absolute Gasteiger partial charge is 0.271 e. The summed E-state index contributed by atoms with van der Waals surface area (Å²) in [6.07, 6.45) is 0. The number of hydrogen-bond donors (Lipinski definition) is 1. The summed E-state index contributed by atoms with van der Waals surface area (Å²) in [5, 5.41) is 13.8. The van der Waals surface area contributed by atoms with E-state index in [1.54, 1.807) is 0 Å². The van der Waals surface area contributed by atoms with E-state index in [2.05, 4.69) is 5.32 Å². The largest absolute Gasteiger partial charge is 0.491 e. The maximum absolute atomic E-state index is 10.5. The third-order valence-corrected chi connectivity index (χ3v) is 2.21. The van der Waals surface area contributed by atoms with Crippen molar-refractivity contribution in [1.82, 2.24) is 5.32 Å². The molecule has 0 aliphatic heterocycles. The van der Waals surface area contributed by atoms with Crippen LogP contribution in [-0.4, -0.2) is 24.6 Å². The molecule has 0 bridgehead atoms. The molecular weight excluding hydrogens is 232 g/mol. The van der Waals surface area contributed by atoms with Crippen molar-refractivity contribution in [3.05, 3.63) is 33.3 Å². The highest BCUT2D eigenvalue weighted by Gasteiger charge is 2.09. The summed E-state index contributed by atoms with van der Waals surface area (Å²) < 4.78 is 5.36. The third kappa shape index (κ3) is 3.67. The fourth-order valence-electron chi connectivity index (χ4n) is 1.13. The number of nitrogens with one attached hydrogen (secondary N) is 1. The first-order valence-corrected chi connectivity index (χ1v) is 5.30. The summed E-state index contributed by atoms with van der Waals surface area (Å²) in [6, 6.07) is 4.16. The van der Waals surface area contributed by atoms with Gasteiger partial charge in [-0.2, -0.15) is 0 Å². The van der Waals surface area contributed by atoms with E-state index in [1.807, 2.05) is 6.92 Å². The molecular formula is C10H13ClN2O3. The lowest BCUT2D eigenvalue weighted by Crippen LogP contribution is -2.20. The molecule has 1 rings (SSSR count). The Balaban J connectivity index is 2.57. The fourth-order valence-corrected chi connectivity index (χ4v) is 1.36. The van der Waals surface area contributed by atoms with Gasteiger partial charge in [-0.1, -0.05) is 18.5 Å². The molecule has 0 spiro atoms. The molecule has 0 aromatic heterocycles. The SMILES string of the molecule is CCNCCOc1ccc([N+](=O)[O-])cc1Cl. The van der Waals surface area contributed by atoms with Crippen LogP contribution in [0.1, 0.15) is 6.92 Å². The van der Waals surface area contributed by atoms with E-state index in [9.17, 15) is 10.1 Å². The molecule has 6 heteroatoms. The van der Waals surface area contributed by atoms with Gasteiger partial charge in [-0.25, -0.2) is 0 Å². The normalized spacial score (nSPS) is 10.1. The molecule has 0 aliphatic rings. The first-order chi connectivity index (χ1) is 7.65. The van der Waals surface area contributed by atoms with Crippen LogP contribution in [0.3, 0.4) is 0 Å². The van der Waals surface area contributed by atoms with Gasteiger partial charge in [0.2, 0.25) is 0 Å². The third-order valence-electron chi connectivity index (χ3n) is 1.91. The van der Waals surface area contributed by atoms with Gasteiger partial charge < -0.3 is 10.1 Å². The van der Waals surface area contributed by atoms with Crippen LogP contribution in [0.25, 0.3) is 0 Å². The molecule has 0 saturated heterocycles. The van der Waals surface area contributed by atoms with Crippen molar-refractivity contribution in [1.29, 1.82) is 0 Å². The van der Waals surface area contributed by atoms with Crippen LogP contribution < -0.4 is 10.1 Å². The molecule has 1 aromatic carbocycles. The van der Waals surface area contributed by atoms with Gasteiger partial charge in [0.25, 0.3) is 5.69 Å². The molecule has 0 saturated carbocycles. The van der Waals surface area contributed by atoms with Crippen molar-refractivity contribution < 1.29 is 9.66 Å². The number of rotatable bonds is 6. The zero-order chi connectivity index (χ0) is 12.0. The Morgan fingerprint density at radius 2 is 2.31 bits per heavy atom. The lowest BCUT2D eigenvalue weighted by Gasteiger charge is -2.07. The van der Waals surface area contributed by atoms with Crippen LogP contribution in [0.5, 0.6) is 5.75 Å². The van der Waals surface area contributed by atoms with Crippen molar-refractivity contribution >= 4 is 17.3 Å². The van der Waals surface area contributed by atoms with Gasteiger partial charge in [-0.3, -0.25) is 10.1 Å². The number of nitrogens with zero attached hydrogens (tertiary/aromatic N) is 1. The summed E-state index contributed by atoms with van der Waals surface area (Å²) in [5.74, 6) is 0.463. The van der Waals surface area contributed by atoms with Crippen LogP contribution in [-0.2, 0) is 0 Å². The van der Waals surface area contributed by atoms with E-state index in [0.717, 1.165) is 6.54 Å². The van der Waals surface area contributed by atoms with Gasteiger partial charge in [0.1, 0.15) is 12.4 Å². The minimum absolute atomic E-state index is 0.0379. The van der Waals surface area contributed by atoms with Crippen LogP contribution in [0, 0.1) is 10.1 Å². The Kier molecular flexibility index (Phi) is 5.01. The first kappa shape index (κ1) is 12.7. The number of hydrogen-bond acceptors (Lipinski definition) is 4. The molecule has 16 heavy (non-hydrogen) atoms. The number of nitro benzene ring substituents is 1. The summed E-state index contributed by atoms with van der Waals surface area (Å²) in [7, 11) is 0. The average Bonchev–Trinajstić information content (AvgIpc) is 2.26. The summed E-state index contributed by atoms with van der Waals surface area (Å²) in [5.41, 5.74) is -0.0379. The Labute approximate surface area is 98.5 Å². The predicted molar refractivity (Wildman–Crippen MR) is 62.1 cm³/mol. The summed E-state index contributed by atoms with van der Waals surface area (Å²) in [6.45, 7) is 4.06. The first-order valence-electron chi connectivity index (χ1n) is 4.92. The molecule has 0 aliphatic carbocycles. The van der Waals surface area contributed by atoms with Gasteiger partial charge in [0.05, 0.1) is 9.95 Å². The molecule has 5 nitrogen and oxygen atoms in total. The quantitative estimate of drug-likeness (QED) is 0.474. The highest BCUT2D eigenvalue weighted by molar-refractivity contribution is 6.32. The zero-order valence-corrected chi connectivity index (χ0v) is 9.66. The summed E-state index contributed by atoms with van der Waals surface area (Å²) >= 11 is 5.84. The second-order valence-corrected chi connectivity index (χ2v) is 3.48.